The van der Waals surface area contributed by atoms with Crippen molar-refractivity contribution in [3.05, 3.63) is 64.6 Å². The Bertz CT molecular complexity index is 859. The van der Waals surface area contributed by atoms with Crippen LogP contribution in [0.2, 0.25) is 0 Å². The molecule has 4 nitrogen and oxygen atoms in total. The third kappa shape index (κ3) is 2.48. The summed E-state index contributed by atoms with van der Waals surface area (Å²) in [6, 6.07) is 9.56. The van der Waals surface area contributed by atoms with Crippen LogP contribution in [0.4, 0.5) is 0 Å². The van der Waals surface area contributed by atoms with Crippen LogP contribution < -0.4 is 0 Å². The number of rotatable bonds is 3. The molecule has 6 heteroatoms. The number of hydrogen-bond acceptors (Lipinski definition) is 5. The number of carbonyl (C=O) groups excluding carboxylic acids is 2. The maximum Gasteiger partial charge on any atom is 0.192 e. The van der Waals surface area contributed by atoms with Crippen LogP contribution >= 0.6 is 11.3 Å². The van der Waals surface area contributed by atoms with E-state index in [1.165, 1.54) is 6.07 Å². The van der Waals surface area contributed by atoms with Crippen molar-refractivity contribution in [3.63, 3.8) is 0 Å². The largest absolute Gasteiger partial charge is 0.289 e. The highest BCUT2D eigenvalue weighted by Crippen LogP contribution is 2.25. The Morgan fingerprint density at radius 3 is 2.33 bits per heavy atom. The Kier molecular flexibility index (Phi) is 3.35. The standard InChI is InChI=1S/C15H10O4S2/c16-13-8-10(9-21(18,19)14-6-3-7-20-14)15(17)12-5-2-1-4-11(12)13/h1-8H,9H2. The van der Waals surface area contributed by atoms with E-state index in [1.54, 1.807) is 35.7 Å². The average molecular weight is 318 g/mol. The Morgan fingerprint density at radius 1 is 0.952 bits per heavy atom. The SMILES string of the molecule is O=C1C=C(CS(=O)(=O)c2cccs2)C(=O)c2ccccc21. The van der Waals surface area contributed by atoms with Crippen LogP contribution in [-0.4, -0.2) is 25.7 Å². The van der Waals surface area contributed by atoms with Gasteiger partial charge in [0, 0.05) is 16.7 Å². The molecule has 1 aliphatic rings. The summed E-state index contributed by atoms with van der Waals surface area (Å²) < 4.78 is 24.7. The second-order valence-electron chi connectivity index (χ2n) is 4.60. The number of sulfone groups is 1. The zero-order valence-corrected chi connectivity index (χ0v) is 12.4. The molecule has 0 aliphatic heterocycles. The molecule has 0 spiro atoms. The molecule has 1 heterocycles. The van der Waals surface area contributed by atoms with Gasteiger partial charge in [-0.3, -0.25) is 9.59 Å². The minimum atomic E-state index is -3.60. The van der Waals surface area contributed by atoms with Gasteiger partial charge in [-0.2, -0.15) is 0 Å². The number of ketones is 2. The highest BCUT2D eigenvalue weighted by molar-refractivity contribution is 7.93. The fourth-order valence-electron chi connectivity index (χ4n) is 2.19. The van der Waals surface area contributed by atoms with Gasteiger partial charge < -0.3 is 0 Å². The van der Waals surface area contributed by atoms with Crippen LogP contribution in [-0.2, 0) is 9.84 Å². The molecule has 0 unspecified atom stereocenters. The molecule has 0 amide bonds. The lowest BCUT2D eigenvalue weighted by molar-refractivity contribution is 0.0985. The van der Waals surface area contributed by atoms with Crippen LogP contribution in [0.1, 0.15) is 20.7 Å². The second-order valence-corrected chi connectivity index (χ2v) is 7.76. The summed E-state index contributed by atoms with van der Waals surface area (Å²) in [7, 11) is -3.60. The highest BCUT2D eigenvalue weighted by Gasteiger charge is 2.29. The molecule has 0 atom stereocenters. The first-order chi connectivity index (χ1) is 9.99. The van der Waals surface area contributed by atoms with E-state index in [0.717, 1.165) is 17.4 Å². The molecule has 1 aromatic carbocycles. The lowest BCUT2D eigenvalue weighted by Crippen LogP contribution is -2.22. The van der Waals surface area contributed by atoms with Crippen molar-refractivity contribution in [1.29, 1.82) is 0 Å². The summed E-state index contributed by atoms with van der Waals surface area (Å²) in [5.41, 5.74) is 0.605. The van der Waals surface area contributed by atoms with Crippen molar-refractivity contribution in [3.8, 4) is 0 Å². The van der Waals surface area contributed by atoms with Crippen molar-refractivity contribution >= 4 is 32.7 Å². The van der Waals surface area contributed by atoms with Crippen molar-refractivity contribution in [2.75, 3.05) is 5.75 Å². The van der Waals surface area contributed by atoms with E-state index >= 15 is 0 Å². The predicted molar refractivity (Wildman–Crippen MR) is 79.6 cm³/mol. The molecule has 0 bridgehead atoms. The van der Waals surface area contributed by atoms with Crippen molar-refractivity contribution in [2.24, 2.45) is 0 Å². The third-order valence-electron chi connectivity index (χ3n) is 3.18. The number of thiophene rings is 1. The smallest absolute Gasteiger partial charge is 0.192 e. The normalized spacial score (nSPS) is 14.8. The van der Waals surface area contributed by atoms with E-state index in [2.05, 4.69) is 0 Å². The topological polar surface area (TPSA) is 68.3 Å². The number of hydrogen-bond donors (Lipinski definition) is 0. The quantitative estimate of drug-likeness (QED) is 0.872. The van der Waals surface area contributed by atoms with Gasteiger partial charge in [0.1, 0.15) is 4.21 Å². The van der Waals surface area contributed by atoms with Gasteiger partial charge in [-0.25, -0.2) is 8.42 Å². The Hall–Kier alpha value is -2.05. The molecule has 0 saturated carbocycles. The van der Waals surface area contributed by atoms with E-state index in [-0.39, 0.29) is 21.1 Å². The first-order valence-corrected chi connectivity index (χ1v) is 8.67. The summed E-state index contributed by atoms with van der Waals surface area (Å²) in [6.45, 7) is 0. The lowest BCUT2D eigenvalue weighted by Gasteiger charge is -2.14. The van der Waals surface area contributed by atoms with E-state index < -0.39 is 21.4 Å². The molecule has 1 aromatic heterocycles. The number of allylic oxidation sites excluding steroid dienone is 1. The first-order valence-electron chi connectivity index (χ1n) is 6.14. The second kappa shape index (κ2) is 5.05. The van der Waals surface area contributed by atoms with Crippen LogP contribution in [0.5, 0.6) is 0 Å². The molecule has 0 radical (unpaired) electrons. The average Bonchev–Trinajstić information content (AvgIpc) is 2.99. The number of carbonyl (C=O) groups is 2. The summed E-state index contributed by atoms with van der Waals surface area (Å²) >= 11 is 1.09. The van der Waals surface area contributed by atoms with Crippen LogP contribution in [0, 0.1) is 0 Å². The monoisotopic (exact) mass is 318 g/mol. The van der Waals surface area contributed by atoms with Gasteiger partial charge in [-0.05, 0) is 17.5 Å². The van der Waals surface area contributed by atoms with Crippen LogP contribution in [0.3, 0.4) is 0 Å². The number of Topliss-reactive ketones (excluding diaryl/α,β-unsaturated/α-hetero) is 1. The predicted octanol–water partition coefficient (Wildman–Crippen LogP) is 2.53. The van der Waals surface area contributed by atoms with Crippen molar-refractivity contribution in [1.82, 2.24) is 0 Å². The molecule has 0 saturated heterocycles. The first kappa shape index (κ1) is 13.9. The van der Waals surface area contributed by atoms with E-state index in [1.807, 2.05) is 0 Å². The Morgan fingerprint density at radius 2 is 1.67 bits per heavy atom. The Balaban J connectivity index is 1.99. The maximum atomic E-state index is 12.3. The summed E-state index contributed by atoms with van der Waals surface area (Å²) in [5, 5.41) is 1.66. The number of benzene rings is 1. The zero-order chi connectivity index (χ0) is 15.0. The van der Waals surface area contributed by atoms with Gasteiger partial charge >= 0.3 is 0 Å². The van der Waals surface area contributed by atoms with Crippen LogP contribution in [0.25, 0.3) is 0 Å². The lowest BCUT2D eigenvalue weighted by atomic mass is 9.90. The zero-order valence-electron chi connectivity index (χ0n) is 10.8. The Labute approximate surface area is 125 Å². The highest BCUT2D eigenvalue weighted by atomic mass is 32.2. The maximum absolute atomic E-state index is 12.3. The summed E-state index contributed by atoms with van der Waals surface area (Å²) in [6.07, 6.45) is 1.13. The molecule has 21 heavy (non-hydrogen) atoms. The van der Waals surface area contributed by atoms with Crippen molar-refractivity contribution in [2.45, 2.75) is 4.21 Å². The minimum absolute atomic E-state index is 0.0205. The van der Waals surface area contributed by atoms with E-state index in [4.69, 9.17) is 0 Å². The van der Waals surface area contributed by atoms with Gasteiger partial charge in [0.25, 0.3) is 0 Å². The van der Waals surface area contributed by atoms with Gasteiger partial charge in [-0.1, -0.05) is 30.3 Å². The molecule has 0 fully saturated rings. The minimum Gasteiger partial charge on any atom is -0.289 e. The molecule has 2 aromatic rings. The fourth-order valence-corrected chi connectivity index (χ4v) is 4.62. The molecule has 0 N–H and O–H groups in total. The molecule has 3 rings (SSSR count). The molecular weight excluding hydrogens is 308 g/mol. The third-order valence-corrected chi connectivity index (χ3v) is 6.33. The van der Waals surface area contributed by atoms with E-state index in [0.29, 0.717) is 5.56 Å². The van der Waals surface area contributed by atoms with Crippen LogP contribution in [0.15, 0.2) is 57.6 Å². The van der Waals surface area contributed by atoms with Gasteiger partial charge in [0.15, 0.2) is 21.4 Å². The fraction of sp³-hybridized carbons (Fsp3) is 0.0667. The molecule has 106 valence electrons. The van der Waals surface area contributed by atoms with E-state index in [9.17, 15) is 18.0 Å². The van der Waals surface area contributed by atoms with Gasteiger partial charge in [-0.15, -0.1) is 11.3 Å². The number of fused-ring (bicyclic) bond motifs is 1. The van der Waals surface area contributed by atoms with Gasteiger partial charge in [0.2, 0.25) is 0 Å². The summed E-state index contributed by atoms with van der Waals surface area (Å²) in [4.78, 5) is 24.3. The summed E-state index contributed by atoms with van der Waals surface area (Å²) in [5.74, 6) is -1.18. The molecule has 1 aliphatic carbocycles. The van der Waals surface area contributed by atoms with Gasteiger partial charge in [0.05, 0.1) is 5.75 Å². The van der Waals surface area contributed by atoms with Crippen molar-refractivity contribution < 1.29 is 18.0 Å². The molecular formula is C15H10O4S2.